The van der Waals surface area contributed by atoms with Crippen LogP contribution in [0.5, 0.6) is 0 Å². The van der Waals surface area contributed by atoms with Crippen molar-refractivity contribution >= 4 is 5.82 Å². The van der Waals surface area contributed by atoms with Crippen LogP contribution in [0, 0.1) is 5.92 Å². The molecule has 2 N–H and O–H groups in total. The Kier molecular flexibility index (Phi) is 2.67. The number of anilines is 1. The number of hydrogen-bond donors (Lipinski definition) is 2. The molecule has 0 bridgehead atoms. The summed E-state index contributed by atoms with van der Waals surface area (Å²) in [6.07, 6.45) is 9.72. The lowest BCUT2D eigenvalue weighted by Gasteiger charge is -2.45. The van der Waals surface area contributed by atoms with Crippen molar-refractivity contribution in [3.8, 4) is 11.6 Å². The van der Waals surface area contributed by atoms with Crippen molar-refractivity contribution in [1.29, 1.82) is 0 Å². The molecule has 2 aliphatic heterocycles. The lowest BCUT2D eigenvalue weighted by Crippen LogP contribution is -2.53. The zero-order valence-corrected chi connectivity index (χ0v) is 13.5. The summed E-state index contributed by atoms with van der Waals surface area (Å²) >= 11 is 0. The molecular formula is C16H21N7O. The van der Waals surface area contributed by atoms with Crippen molar-refractivity contribution in [3.05, 3.63) is 12.2 Å². The van der Waals surface area contributed by atoms with Gasteiger partial charge in [0.05, 0.1) is 13.0 Å². The fourth-order valence-corrected chi connectivity index (χ4v) is 4.65. The quantitative estimate of drug-likeness (QED) is 0.869. The number of hydrazine groups is 1. The molecule has 8 heteroatoms. The Morgan fingerprint density at radius 1 is 1.17 bits per heavy atom. The molecule has 126 valence electrons. The van der Waals surface area contributed by atoms with Crippen molar-refractivity contribution in [2.75, 3.05) is 11.7 Å². The van der Waals surface area contributed by atoms with Crippen molar-refractivity contribution in [1.82, 2.24) is 30.4 Å². The van der Waals surface area contributed by atoms with Crippen LogP contribution in [0.15, 0.2) is 10.9 Å². The summed E-state index contributed by atoms with van der Waals surface area (Å²) in [6.45, 7) is 0.787. The fourth-order valence-electron chi connectivity index (χ4n) is 4.65. The Bertz CT molecular complexity index is 779. The second-order valence-corrected chi connectivity index (χ2v) is 7.43. The number of nitrogens with zero attached hydrogens (tertiary/aromatic N) is 5. The molecule has 2 aromatic heterocycles. The van der Waals surface area contributed by atoms with Gasteiger partial charge in [0.15, 0.2) is 17.3 Å². The van der Waals surface area contributed by atoms with Gasteiger partial charge in [-0.1, -0.05) is 18.0 Å². The number of fused-ring (bicyclic) bond motifs is 6. The molecule has 3 atom stereocenters. The maximum absolute atomic E-state index is 5.55. The van der Waals surface area contributed by atoms with Gasteiger partial charge in [-0.2, -0.15) is 4.98 Å². The summed E-state index contributed by atoms with van der Waals surface area (Å²) < 4.78 is 7.88. The van der Waals surface area contributed by atoms with Crippen molar-refractivity contribution in [3.63, 3.8) is 0 Å². The van der Waals surface area contributed by atoms with E-state index in [1.165, 1.54) is 38.5 Å². The second kappa shape index (κ2) is 4.80. The average molecular weight is 327 g/mol. The maximum Gasteiger partial charge on any atom is 0.280 e. The van der Waals surface area contributed by atoms with Gasteiger partial charge in [-0.05, 0) is 25.7 Å². The minimum Gasteiger partial charge on any atom is -0.332 e. The SMILES string of the molecule is c1nc(-c2nc(C3CC3)no2)c2n1C1CCCCC1C1NCNN21. The van der Waals surface area contributed by atoms with E-state index in [0.717, 1.165) is 24.0 Å². The fraction of sp³-hybridized carbons (Fsp3) is 0.688. The van der Waals surface area contributed by atoms with E-state index >= 15 is 0 Å². The minimum absolute atomic E-state index is 0.323. The van der Waals surface area contributed by atoms with Crippen LogP contribution < -0.4 is 15.8 Å². The molecule has 2 aromatic rings. The standard InChI is InChI=1S/C16H21N7O/c1-2-4-11-10(3-1)14-17-7-19-23(14)16-12(18-8-22(11)16)15-20-13(21-24-15)9-5-6-9/h8-11,14,17,19H,1-7H2. The number of aromatic nitrogens is 4. The molecule has 3 fully saturated rings. The van der Waals surface area contributed by atoms with E-state index in [1.807, 2.05) is 6.33 Å². The number of imidazole rings is 1. The third-order valence-corrected chi connectivity index (χ3v) is 5.97. The highest BCUT2D eigenvalue weighted by atomic mass is 16.5. The van der Waals surface area contributed by atoms with Gasteiger partial charge >= 0.3 is 0 Å². The first-order chi connectivity index (χ1) is 11.9. The second-order valence-electron chi connectivity index (χ2n) is 7.43. The van der Waals surface area contributed by atoms with Gasteiger partial charge in [0.25, 0.3) is 5.89 Å². The molecule has 0 amide bonds. The molecule has 0 aromatic carbocycles. The third-order valence-electron chi connectivity index (χ3n) is 5.97. The Balaban J connectivity index is 1.47. The van der Waals surface area contributed by atoms with Gasteiger partial charge in [0.1, 0.15) is 6.17 Å². The smallest absolute Gasteiger partial charge is 0.280 e. The van der Waals surface area contributed by atoms with E-state index < -0.39 is 0 Å². The Hall–Kier alpha value is -1.93. The minimum atomic E-state index is 0.323. The van der Waals surface area contributed by atoms with E-state index in [4.69, 9.17) is 4.52 Å². The Morgan fingerprint density at radius 3 is 3.00 bits per heavy atom. The Labute approximate surface area is 139 Å². The van der Waals surface area contributed by atoms with Crippen LogP contribution in [0.4, 0.5) is 5.82 Å². The summed E-state index contributed by atoms with van der Waals surface area (Å²) in [7, 11) is 0. The van der Waals surface area contributed by atoms with Crippen LogP contribution in [0.3, 0.4) is 0 Å². The van der Waals surface area contributed by atoms with Gasteiger partial charge in [0, 0.05) is 17.9 Å². The van der Waals surface area contributed by atoms with Gasteiger partial charge < -0.3 is 9.09 Å². The van der Waals surface area contributed by atoms with Crippen LogP contribution in [0.25, 0.3) is 11.6 Å². The number of rotatable bonds is 2. The van der Waals surface area contributed by atoms with E-state index in [-0.39, 0.29) is 0 Å². The van der Waals surface area contributed by atoms with Crippen molar-refractivity contribution in [2.45, 2.75) is 56.7 Å². The molecule has 4 aliphatic rings. The Morgan fingerprint density at radius 2 is 2.08 bits per heavy atom. The number of hydrogen-bond acceptors (Lipinski definition) is 7. The van der Waals surface area contributed by atoms with E-state index in [9.17, 15) is 0 Å². The van der Waals surface area contributed by atoms with Crippen LogP contribution in [0.1, 0.15) is 56.3 Å². The largest absolute Gasteiger partial charge is 0.332 e. The summed E-state index contributed by atoms with van der Waals surface area (Å²) in [6, 6.07) is 0.509. The zero-order valence-electron chi connectivity index (χ0n) is 13.5. The van der Waals surface area contributed by atoms with E-state index in [1.54, 1.807) is 0 Å². The molecule has 4 heterocycles. The zero-order chi connectivity index (χ0) is 15.7. The molecule has 2 aliphatic carbocycles. The van der Waals surface area contributed by atoms with Crippen LogP contribution in [-0.2, 0) is 0 Å². The summed E-state index contributed by atoms with van der Waals surface area (Å²) in [5.74, 6) is 3.56. The van der Waals surface area contributed by atoms with Crippen LogP contribution in [0.2, 0.25) is 0 Å². The lowest BCUT2D eigenvalue weighted by atomic mass is 9.81. The molecule has 0 radical (unpaired) electrons. The van der Waals surface area contributed by atoms with Crippen LogP contribution in [-0.4, -0.2) is 32.5 Å². The highest BCUT2D eigenvalue weighted by molar-refractivity contribution is 5.68. The summed E-state index contributed by atoms with van der Waals surface area (Å²) in [5, 5.41) is 10.00. The monoisotopic (exact) mass is 327 g/mol. The third kappa shape index (κ3) is 1.78. The van der Waals surface area contributed by atoms with Crippen molar-refractivity contribution < 1.29 is 4.52 Å². The molecule has 3 unspecified atom stereocenters. The first-order valence-corrected chi connectivity index (χ1v) is 9.07. The van der Waals surface area contributed by atoms with Gasteiger partial charge in [0.2, 0.25) is 0 Å². The molecular weight excluding hydrogens is 306 g/mol. The highest BCUT2D eigenvalue weighted by Crippen LogP contribution is 2.47. The lowest BCUT2D eigenvalue weighted by molar-refractivity contribution is 0.174. The molecule has 0 spiro atoms. The molecule has 8 nitrogen and oxygen atoms in total. The predicted octanol–water partition coefficient (Wildman–Crippen LogP) is 1.75. The maximum atomic E-state index is 5.55. The van der Waals surface area contributed by atoms with Crippen molar-refractivity contribution in [2.24, 2.45) is 5.92 Å². The first kappa shape index (κ1) is 13.4. The summed E-state index contributed by atoms with van der Waals surface area (Å²) in [5.41, 5.74) is 4.26. The molecule has 2 saturated carbocycles. The summed E-state index contributed by atoms with van der Waals surface area (Å²) in [4.78, 5) is 9.28. The molecule has 1 saturated heterocycles. The number of nitrogens with one attached hydrogen (secondary N) is 2. The van der Waals surface area contributed by atoms with Crippen LogP contribution >= 0.6 is 0 Å². The van der Waals surface area contributed by atoms with Gasteiger partial charge in [-0.25, -0.2) is 10.4 Å². The van der Waals surface area contributed by atoms with E-state index in [0.29, 0.717) is 29.9 Å². The van der Waals surface area contributed by atoms with Gasteiger partial charge in [-0.15, -0.1) is 0 Å². The predicted molar refractivity (Wildman–Crippen MR) is 85.9 cm³/mol. The molecule has 24 heavy (non-hydrogen) atoms. The first-order valence-electron chi connectivity index (χ1n) is 9.07. The normalized spacial score (nSPS) is 31.7. The molecule has 6 rings (SSSR count). The topological polar surface area (TPSA) is 84.0 Å². The van der Waals surface area contributed by atoms with Gasteiger partial charge in [-0.3, -0.25) is 10.3 Å². The average Bonchev–Trinajstić information content (AvgIpc) is 3.05. The van der Waals surface area contributed by atoms with E-state index in [2.05, 4.69) is 35.4 Å². The highest BCUT2D eigenvalue weighted by Gasteiger charge is 2.46.